The summed E-state index contributed by atoms with van der Waals surface area (Å²) in [6.45, 7) is 0.631. The molecule has 6 heteroatoms. The van der Waals surface area contributed by atoms with Crippen molar-refractivity contribution in [1.29, 1.82) is 0 Å². The number of rotatable bonds is 4. The van der Waals surface area contributed by atoms with Crippen molar-refractivity contribution < 1.29 is 4.52 Å². The van der Waals surface area contributed by atoms with E-state index in [1.807, 2.05) is 17.0 Å². The molecule has 0 radical (unpaired) electrons. The zero-order chi connectivity index (χ0) is 11.0. The number of thioether (sulfide) groups is 1. The van der Waals surface area contributed by atoms with E-state index in [0.29, 0.717) is 12.5 Å². The van der Waals surface area contributed by atoms with E-state index >= 15 is 0 Å². The van der Waals surface area contributed by atoms with E-state index in [1.54, 1.807) is 18.0 Å². The van der Waals surface area contributed by atoms with Gasteiger partial charge in [-0.05, 0) is 19.1 Å². The summed E-state index contributed by atoms with van der Waals surface area (Å²) in [5.41, 5.74) is 0. The summed E-state index contributed by atoms with van der Waals surface area (Å²) in [6.07, 6.45) is 8.09. The zero-order valence-electron chi connectivity index (χ0n) is 8.96. The lowest BCUT2D eigenvalue weighted by atomic mass is 10.4. The van der Waals surface area contributed by atoms with E-state index in [9.17, 15) is 0 Å². The smallest absolute Gasteiger partial charge is 0.229 e. The molecule has 2 aromatic rings. The Morgan fingerprint density at radius 2 is 2.44 bits per heavy atom. The lowest BCUT2D eigenvalue weighted by Gasteiger charge is -2.00. The van der Waals surface area contributed by atoms with Crippen LogP contribution in [-0.2, 0) is 6.54 Å². The van der Waals surface area contributed by atoms with Crippen molar-refractivity contribution in [3.8, 4) is 0 Å². The second kappa shape index (κ2) is 3.93. The Hall–Kier alpha value is -1.30. The molecule has 0 atom stereocenters. The van der Waals surface area contributed by atoms with Crippen molar-refractivity contribution in [2.24, 2.45) is 0 Å². The zero-order valence-corrected chi connectivity index (χ0v) is 9.78. The molecule has 1 aliphatic carbocycles. The van der Waals surface area contributed by atoms with Gasteiger partial charge in [-0.3, -0.25) is 0 Å². The fourth-order valence-electron chi connectivity index (χ4n) is 1.59. The minimum Gasteiger partial charge on any atom is -0.339 e. The Labute approximate surface area is 97.3 Å². The summed E-state index contributed by atoms with van der Waals surface area (Å²) in [5.74, 6) is 2.04. The van der Waals surface area contributed by atoms with Crippen LogP contribution < -0.4 is 0 Å². The maximum absolute atomic E-state index is 5.21. The van der Waals surface area contributed by atoms with Crippen molar-refractivity contribution in [1.82, 2.24) is 19.7 Å². The summed E-state index contributed by atoms with van der Waals surface area (Å²) in [4.78, 5) is 8.61. The second-order valence-corrected chi connectivity index (χ2v) is 4.64. The maximum Gasteiger partial charge on any atom is 0.229 e. The molecule has 0 aromatic carbocycles. The van der Waals surface area contributed by atoms with Crippen LogP contribution in [0.4, 0.5) is 0 Å². The van der Waals surface area contributed by atoms with Crippen LogP contribution >= 0.6 is 11.8 Å². The third kappa shape index (κ3) is 1.84. The number of nitrogens with zero attached hydrogens (tertiary/aromatic N) is 4. The number of imidazole rings is 1. The van der Waals surface area contributed by atoms with Crippen molar-refractivity contribution in [2.45, 2.75) is 30.5 Å². The van der Waals surface area contributed by atoms with Gasteiger partial charge in [0.15, 0.2) is 11.0 Å². The van der Waals surface area contributed by atoms with Gasteiger partial charge in [0.05, 0.1) is 6.54 Å². The lowest BCUT2D eigenvalue weighted by Crippen LogP contribution is -2.01. The Bertz CT molecular complexity index is 488. The topological polar surface area (TPSA) is 56.7 Å². The van der Waals surface area contributed by atoms with E-state index in [1.165, 1.54) is 12.8 Å². The van der Waals surface area contributed by atoms with Gasteiger partial charge in [-0.1, -0.05) is 16.9 Å². The highest BCUT2D eigenvalue weighted by atomic mass is 32.2. The van der Waals surface area contributed by atoms with E-state index in [0.717, 1.165) is 16.9 Å². The molecule has 0 amide bonds. The van der Waals surface area contributed by atoms with Gasteiger partial charge in [-0.2, -0.15) is 4.98 Å². The van der Waals surface area contributed by atoms with Gasteiger partial charge in [0.2, 0.25) is 5.89 Å². The van der Waals surface area contributed by atoms with Crippen molar-refractivity contribution in [2.75, 3.05) is 6.26 Å². The number of hydrogen-bond donors (Lipinski definition) is 0. The lowest BCUT2D eigenvalue weighted by molar-refractivity contribution is 0.372. The standard InChI is InChI=1S/C10H12N4OS/c1-16-10-11-4-5-14(10)6-8-12-9(15-13-8)7-2-3-7/h4-5,7H,2-3,6H2,1H3. The number of aromatic nitrogens is 4. The summed E-state index contributed by atoms with van der Waals surface area (Å²) in [7, 11) is 0. The fraction of sp³-hybridized carbons (Fsp3) is 0.500. The monoisotopic (exact) mass is 236 g/mol. The second-order valence-electron chi connectivity index (χ2n) is 3.86. The van der Waals surface area contributed by atoms with Crippen LogP contribution in [0.5, 0.6) is 0 Å². The molecule has 1 saturated carbocycles. The van der Waals surface area contributed by atoms with Gasteiger partial charge >= 0.3 is 0 Å². The van der Waals surface area contributed by atoms with Crippen LogP contribution in [0, 0.1) is 0 Å². The van der Waals surface area contributed by atoms with Gasteiger partial charge in [-0.25, -0.2) is 4.98 Å². The predicted octanol–water partition coefficient (Wildman–Crippen LogP) is 1.91. The molecule has 0 bridgehead atoms. The van der Waals surface area contributed by atoms with E-state index < -0.39 is 0 Å². The summed E-state index contributed by atoms with van der Waals surface area (Å²) < 4.78 is 7.23. The fourth-order valence-corrected chi connectivity index (χ4v) is 2.11. The third-order valence-corrected chi connectivity index (χ3v) is 3.29. The summed E-state index contributed by atoms with van der Waals surface area (Å²) in [5, 5.41) is 4.95. The summed E-state index contributed by atoms with van der Waals surface area (Å²) >= 11 is 1.61. The number of hydrogen-bond acceptors (Lipinski definition) is 5. The van der Waals surface area contributed by atoms with Gasteiger partial charge < -0.3 is 9.09 Å². The van der Waals surface area contributed by atoms with Crippen LogP contribution in [0.3, 0.4) is 0 Å². The SMILES string of the molecule is CSc1nccn1Cc1noc(C2CC2)n1. The molecule has 1 fully saturated rings. The third-order valence-electron chi connectivity index (χ3n) is 2.58. The Balaban J connectivity index is 1.77. The molecule has 0 aliphatic heterocycles. The molecular formula is C10H12N4OS. The molecule has 0 N–H and O–H groups in total. The molecule has 2 aromatic heterocycles. The first-order valence-corrected chi connectivity index (χ1v) is 6.47. The van der Waals surface area contributed by atoms with Crippen LogP contribution in [0.1, 0.15) is 30.5 Å². The van der Waals surface area contributed by atoms with Gasteiger partial charge in [-0.15, -0.1) is 0 Å². The van der Waals surface area contributed by atoms with Crippen molar-refractivity contribution in [3.05, 3.63) is 24.1 Å². The molecule has 0 unspecified atom stereocenters. The van der Waals surface area contributed by atoms with Gasteiger partial charge in [0, 0.05) is 18.3 Å². The molecular weight excluding hydrogens is 224 g/mol. The molecule has 3 rings (SSSR count). The normalized spacial score (nSPS) is 15.6. The van der Waals surface area contributed by atoms with Crippen LogP contribution in [-0.4, -0.2) is 25.9 Å². The Morgan fingerprint density at radius 1 is 1.56 bits per heavy atom. The van der Waals surface area contributed by atoms with E-state index in [2.05, 4.69) is 15.1 Å². The largest absolute Gasteiger partial charge is 0.339 e. The highest BCUT2D eigenvalue weighted by Gasteiger charge is 2.29. The molecule has 2 heterocycles. The molecule has 84 valence electrons. The van der Waals surface area contributed by atoms with Crippen LogP contribution in [0.25, 0.3) is 0 Å². The van der Waals surface area contributed by atoms with Crippen LogP contribution in [0.2, 0.25) is 0 Å². The maximum atomic E-state index is 5.21. The molecule has 16 heavy (non-hydrogen) atoms. The van der Waals surface area contributed by atoms with Gasteiger partial charge in [0.1, 0.15) is 0 Å². The minimum absolute atomic E-state index is 0.518. The highest BCUT2D eigenvalue weighted by molar-refractivity contribution is 7.98. The molecule has 5 nitrogen and oxygen atoms in total. The van der Waals surface area contributed by atoms with Crippen molar-refractivity contribution >= 4 is 11.8 Å². The van der Waals surface area contributed by atoms with E-state index in [-0.39, 0.29) is 0 Å². The summed E-state index contributed by atoms with van der Waals surface area (Å²) in [6, 6.07) is 0. The van der Waals surface area contributed by atoms with Crippen LogP contribution in [0.15, 0.2) is 22.1 Å². The molecule has 1 aliphatic rings. The Morgan fingerprint density at radius 3 is 3.19 bits per heavy atom. The average molecular weight is 236 g/mol. The average Bonchev–Trinajstić information content (AvgIpc) is 2.88. The molecule has 0 saturated heterocycles. The van der Waals surface area contributed by atoms with E-state index in [4.69, 9.17) is 4.52 Å². The highest BCUT2D eigenvalue weighted by Crippen LogP contribution is 2.38. The quantitative estimate of drug-likeness (QED) is 0.759. The molecule has 0 spiro atoms. The Kier molecular flexibility index (Phi) is 2.43. The minimum atomic E-state index is 0.518. The van der Waals surface area contributed by atoms with Crippen molar-refractivity contribution in [3.63, 3.8) is 0 Å². The first-order valence-electron chi connectivity index (χ1n) is 5.24. The van der Waals surface area contributed by atoms with Gasteiger partial charge in [0.25, 0.3) is 0 Å². The first kappa shape index (κ1) is 9.89. The first-order chi connectivity index (χ1) is 7.86. The predicted molar refractivity (Wildman–Crippen MR) is 59.4 cm³/mol.